The second-order valence-electron chi connectivity index (χ2n) is 4.01. The van der Waals surface area contributed by atoms with Gasteiger partial charge in [-0.2, -0.15) is 0 Å². The zero-order chi connectivity index (χ0) is 14.4. The van der Waals surface area contributed by atoms with E-state index >= 15 is 0 Å². The molecule has 0 saturated carbocycles. The third kappa shape index (κ3) is 4.18. The number of rotatable bonds is 6. The Labute approximate surface area is 111 Å². The maximum Gasteiger partial charge on any atom is 0.274 e. The summed E-state index contributed by atoms with van der Waals surface area (Å²) in [7, 11) is 0. The molecule has 0 aliphatic heterocycles. The fourth-order valence-electron chi connectivity index (χ4n) is 1.42. The van der Waals surface area contributed by atoms with Crippen molar-refractivity contribution in [2.24, 2.45) is 0 Å². The van der Waals surface area contributed by atoms with Crippen LogP contribution in [0.4, 0.5) is 11.4 Å². The Kier molecular flexibility index (Phi) is 5.20. The van der Waals surface area contributed by atoms with Gasteiger partial charge in [-0.05, 0) is 19.9 Å². The summed E-state index contributed by atoms with van der Waals surface area (Å²) in [6.45, 7) is 6.99. The van der Waals surface area contributed by atoms with Crippen molar-refractivity contribution in [1.82, 2.24) is 0 Å². The Bertz CT molecular complexity index is 499. The SMILES string of the molecule is C=CCOC(C)C(=O)Nc1ccc(C)c([N+](=O)[O-])c1. The van der Waals surface area contributed by atoms with Crippen molar-refractivity contribution >= 4 is 17.3 Å². The van der Waals surface area contributed by atoms with Gasteiger partial charge in [-0.3, -0.25) is 14.9 Å². The second kappa shape index (κ2) is 6.65. The molecule has 6 heteroatoms. The molecule has 0 fully saturated rings. The van der Waals surface area contributed by atoms with Crippen molar-refractivity contribution in [2.75, 3.05) is 11.9 Å². The van der Waals surface area contributed by atoms with Gasteiger partial charge in [0, 0.05) is 17.3 Å². The van der Waals surface area contributed by atoms with E-state index in [1.807, 2.05) is 0 Å². The highest BCUT2D eigenvalue weighted by Crippen LogP contribution is 2.22. The standard InChI is InChI=1S/C13H16N2O4/c1-4-7-19-10(3)13(16)14-11-6-5-9(2)12(8-11)15(17)18/h4-6,8,10H,1,7H2,2-3H3,(H,14,16). The molecule has 1 rings (SSSR count). The summed E-state index contributed by atoms with van der Waals surface area (Å²) < 4.78 is 5.16. The average molecular weight is 264 g/mol. The van der Waals surface area contributed by atoms with Crippen LogP contribution >= 0.6 is 0 Å². The van der Waals surface area contributed by atoms with E-state index in [0.717, 1.165) is 0 Å². The average Bonchev–Trinajstić information content (AvgIpc) is 2.37. The van der Waals surface area contributed by atoms with Crippen molar-refractivity contribution in [3.63, 3.8) is 0 Å². The second-order valence-corrected chi connectivity index (χ2v) is 4.01. The summed E-state index contributed by atoms with van der Waals surface area (Å²) in [5.74, 6) is -0.361. The molecule has 0 saturated heterocycles. The fourth-order valence-corrected chi connectivity index (χ4v) is 1.42. The molecule has 0 aliphatic carbocycles. The van der Waals surface area contributed by atoms with E-state index in [1.54, 1.807) is 32.1 Å². The lowest BCUT2D eigenvalue weighted by atomic mass is 10.2. The summed E-state index contributed by atoms with van der Waals surface area (Å²) in [5, 5.41) is 13.4. The van der Waals surface area contributed by atoms with Crippen molar-refractivity contribution in [1.29, 1.82) is 0 Å². The molecular weight excluding hydrogens is 248 g/mol. The molecule has 1 unspecified atom stereocenters. The Morgan fingerprint density at radius 3 is 2.89 bits per heavy atom. The quantitative estimate of drug-likeness (QED) is 0.486. The highest BCUT2D eigenvalue weighted by Gasteiger charge is 2.16. The molecule has 19 heavy (non-hydrogen) atoms. The molecule has 1 amide bonds. The minimum Gasteiger partial charge on any atom is -0.365 e. The van der Waals surface area contributed by atoms with E-state index in [-0.39, 0.29) is 18.2 Å². The summed E-state index contributed by atoms with van der Waals surface area (Å²) in [6, 6.07) is 4.52. The minimum atomic E-state index is -0.654. The molecule has 1 atom stereocenters. The first-order valence-corrected chi connectivity index (χ1v) is 5.74. The van der Waals surface area contributed by atoms with E-state index < -0.39 is 11.0 Å². The topological polar surface area (TPSA) is 81.5 Å². The van der Waals surface area contributed by atoms with E-state index in [4.69, 9.17) is 4.74 Å². The fraction of sp³-hybridized carbons (Fsp3) is 0.308. The Balaban J connectivity index is 2.77. The van der Waals surface area contributed by atoms with E-state index in [1.165, 1.54) is 6.07 Å². The van der Waals surface area contributed by atoms with Crippen LogP contribution in [0.1, 0.15) is 12.5 Å². The first-order valence-electron chi connectivity index (χ1n) is 5.74. The molecule has 6 nitrogen and oxygen atoms in total. The van der Waals surface area contributed by atoms with Crippen LogP contribution in [0.15, 0.2) is 30.9 Å². The number of nitro groups is 1. The van der Waals surface area contributed by atoms with Crippen molar-refractivity contribution in [3.8, 4) is 0 Å². The highest BCUT2D eigenvalue weighted by molar-refractivity contribution is 5.94. The number of nitrogens with one attached hydrogen (secondary N) is 1. The Morgan fingerprint density at radius 1 is 1.63 bits per heavy atom. The van der Waals surface area contributed by atoms with Gasteiger partial charge >= 0.3 is 0 Å². The molecule has 0 aromatic heterocycles. The van der Waals surface area contributed by atoms with Crippen molar-refractivity contribution in [3.05, 3.63) is 46.5 Å². The molecule has 0 spiro atoms. The van der Waals surface area contributed by atoms with Crippen molar-refractivity contribution < 1.29 is 14.5 Å². The maximum atomic E-state index is 11.7. The third-order valence-electron chi connectivity index (χ3n) is 2.51. The van der Waals surface area contributed by atoms with Gasteiger partial charge in [0.05, 0.1) is 11.5 Å². The molecule has 1 N–H and O–H groups in total. The van der Waals surface area contributed by atoms with Gasteiger partial charge < -0.3 is 10.1 Å². The Morgan fingerprint density at radius 2 is 2.32 bits per heavy atom. The summed E-state index contributed by atoms with van der Waals surface area (Å²) in [6.07, 6.45) is 0.888. The smallest absolute Gasteiger partial charge is 0.274 e. The zero-order valence-electron chi connectivity index (χ0n) is 10.9. The lowest BCUT2D eigenvalue weighted by Gasteiger charge is -2.12. The van der Waals surface area contributed by atoms with Crippen LogP contribution in [0.5, 0.6) is 0 Å². The number of nitrogens with zero attached hydrogens (tertiary/aromatic N) is 1. The third-order valence-corrected chi connectivity index (χ3v) is 2.51. The lowest BCUT2D eigenvalue weighted by Crippen LogP contribution is -2.27. The van der Waals surface area contributed by atoms with Crippen LogP contribution < -0.4 is 5.32 Å². The van der Waals surface area contributed by atoms with Gasteiger partial charge in [0.25, 0.3) is 11.6 Å². The highest BCUT2D eigenvalue weighted by atomic mass is 16.6. The molecule has 1 aromatic carbocycles. The number of anilines is 1. The molecule has 1 aromatic rings. The summed E-state index contributed by atoms with van der Waals surface area (Å²) in [5.41, 5.74) is 0.882. The number of carbonyl (C=O) groups is 1. The number of hydrogen-bond donors (Lipinski definition) is 1. The first kappa shape index (κ1) is 14.8. The minimum absolute atomic E-state index is 0.0301. The zero-order valence-corrected chi connectivity index (χ0v) is 10.9. The molecule has 0 radical (unpaired) electrons. The first-order chi connectivity index (χ1) is 8.95. The Hall–Kier alpha value is -2.21. The van der Waals surface area contributed by atoms with Crippen molar-refractivity contribution in [2.45, 2.75) is 20.0 Å². The van der Waals surface area contributed by atoms with Gasteiger partial charge in [-0.1, -0.05) is 12.1 Å². The van der Waals surface area contributed by atoms with Gasteiger partial charge in [-0.15, -0.1) is 6.58 Å². The normalized spacial score (nSPS) is 11.7. The summed E-state index contributed by atoms with van der Waals surface area (Å²) >= 11 is 0. The van der Waals surface area contributed by atoms with Crippen LogP contribution in [0.3, 0.4) is 0 Å². The molecule has 0 aliphatic rings. The molecule has 0 heterocycles. The van der Waals surface area contributed by atoms with Crippen LogP contribution in [0.25, 0.3) is 0 Å². The molecule has 0 bridgehead atoms. The predicted octanol–water partition coefficient (Wildman–Crippen LogP) is 2.43. The molecular formula is C13H16N2O4. The number of benzene rings is 1. The van der Waals surface area contributed by atoms with Crippen LogP contribution in [0, 0.1) is 17.0 Å². The van der Waals surface area contributed by atoms with Crippen LogP contribution in [-0.2, 0) is 9.53 Å². The number of aryl methyl sites for hydroxylation is 1. The number of carbonyl (C=O) groups excluding carboxylic acids is 1. The monoisotopic (exact) mass is 264 g/mol. The lowest BCUT2D eigenvalue weighted by molar-refractivity contribution is -0.385. The number of nitro benzene ring substituents is 1. The number of amides is 1. The van der Waals surface area contributed by atoms with Gasteiger partial charge in [0.2, 0.25) is 0 Å². The van der Waals surface area contributed by atoms with E-state index in [9.17, 15) is 14.9 Å². The van der Waals surface area contributed by atoms with Gasteiger partial charge in [-0.25, -0.2) is 0 Å². The van der Waals surface area contributed by atoms with Crippen LogP contribution in [0.2, 0.25) is 0 Å². The predicted molar refractivity (Wildman–Crippen MR) is 72.1 cm³/mol. The molecule has 102 valence electrons. The van der Waals surface area contributed by atoms with Gasteiger partial charge in [0.15, 0.2) is 0 Å². The van der Waals surface area contributed by atoms with E-state index in [2.05, 4.69) is 11.9 Å². The summed E-state index contributed by atoms with van der Waals surface area (Å²) in [4.78, 5) is 22.1. The maximum absolute atomic E-state index is 11.7. The number of ether oxygens (including phenoxy) is 1. The largest absolute Gasteiger partial charge is 0.365 e. The number of hydrogen-bond acceptors (Lipinski definition) is 4. The van der Waals surface area contributed by atoms with Crippen LogP contribution in [-0.4, -0.2) is 23.5 Å². The van der Waals surface area contributed by atoms with E-state index in [0.29, 0.717) is 11.3 Å². The van der Waals surface area contributed by atoms with Gasteiger partial charge in [0.1, 0.15) is 6.10 Å².